The predicted molar refractivity (Wildman–Crippen MR) is 61.3 cm³/mol. The molecule has 0 aromatic carbocycles. The molecule has 1 aliphatic rings. The van der Waals surface area contributed by atoms with Crippen molar-refractivity contribution in [1.82, 2.24) is 5.06 Å². The Bertz CT molecular complexity index is 302. The van der Waals surface area contributed by atoms with Crippen LogP contribution in [0.15, 0.2) is 12.2 Å². The highest BCUT2D eigenvalue weighted by atomic mass is 16.5. The molecule has 0 unspecified atom stereocenters. The smallest absolute Gasteiger partial charge is 0.331 e. The lowest BCUT2D eigenvalue weighted by Gasteiger charge is -2.51. The quantitative estimate of drug-likeness (QED) is 0.710. The van der Waals surface area contributed by atoms with Crippen LogP contribution in [0.5, 0.6) is 0 Å². The number of carboxylic acids is 1. The van der Waals surface area contributed by atoms with Crippen LogP contribution in [-0.2, 0) is 4.79 Å². The van der Waals surface area contributed by atoms with Gasteiger partial charge in [-0.2, -0.15) is 5.06 Å². The summed E-state index contributed by atoms with van der Waals surface area (Å²) in [5, 5.41) is 20.4. The molecule has 4 nitrogen and oxygen atoms in total. The molecule has 0 radical (unpaired) electrons. The summed E-state index contributed by atoms with van der Waals surface area (Å²) in [6, 6.07) is 0. The molecule has 1 aliphatic heterocycles. The predicted octanol–water partition coefficient (Wildman–Crippen LogP) is 2.29. The van der Waals surface area contributed by atoms with Gasteiger partial charge in [-0.15, -0.1) is 0 Å². The molecule has 0 bridgehead atoms. The third-order valence-corrected chi connectivity index (χ3v) is 3.41. The van der Waals surface area contributed by atoms with Gasteiger partial charge in [-0.3, -0.25) is 0 Å². The maximum atomic E-state index is 10.9. The van der Waals surface area contributed by atoms with Crippen LogP contribution >= 0.6 is 0 Å². The molecule has 0 aromatic heterocycles. The van der Waals surface area contributed by atoms with Crippen LogP contribution in [-0.4, -0.2) is 32.4 Å². The molecule has 0 spiro atoms. The van der Waals surface area contributed by atoms with E-state index in [1.807, 2.05) is 27.7 Å². The number of piperidine rings is 1. The zero-order chi connectivity index (χ0) is 12.7. The third-order valence-electron chi connectivity index (χ3n) is 3.41. The third kappa shape index (κ3) is 2.28. The summed E-state index contributed by atoms with van der Waals surface area (Å²) < 4.78 is 0. The maximum Gasteiger partial charge on any atom is 0.331 e. The number of aliphatic carboxylic acids is 1. The van der Waals surface area contributed by atoms with E-state index in [9.17, 15) is 10.0 Å². The number of carbonyl (C=O) groups is 1. The van der Waals surface area contributed by atoms with Crippen molar-refractivity contribution in [1.29, 1.82) is 0 Å². The van der Waals surface area contributed by atoms with Crippen molar-refractivity contribution in [2.24, 2.45) is 5.92 Å². The number of carboxylic acid groups (broad SMARTS) is 1. The van der Waals surface area contributed by atoms with Crippen molar-refractivity contribution in [3.8, 4) is 0 Å². The highest BCUT2D eigenvalue weighted by Gasteiger charge is 2.46. The van der Waals surface area contributed by atoms with E-state index in [1.165, 1.54) is 5.06 Å². The molecule has 2 N–H and O–H groups in total. The molecule has 1 saturated heterocycles. The van der Waals surface area contributed by atoms with E-state index >= 15 is 0 Å². The van der Waals surface area contributed by atoms with Gasteiger partial charge in [0, 0.05) is 16.7 Å². The van der Waals surface area contributed by atoms with Crippen LogP contribution < -0.4 is 0 Å². The van der Waals surface area contributed by atoms with E-state index in [2.05, 4.69) is 6.58 Å². The van der Waals surface area contributed by atoms with E-state index in [0.717, 1.165) is 0 Å². The van der Waals surface area contributed by atoms with Gasteiger partial charge in [0.1, 0.15) is 0 Å². The van der Waals surface area contributed by atoms with Crippen molar-refractivity contribution in [2.75, 3.05) is 0 Å². The van der Waals surface area contributed by atoms with E-state index in [0.29, 0.717) is 12.8 Å². The Labute approximate surface area is 96.5 Å². The normalized spacial score (nSPS) is 25.3. The fourth-order valence-electron chi connectivity index (χ4n) is 2.69. The molecule has 1 fully saturated rings. The first-order valence-corrected chi connectivity index (χ1v) is 5.49. The SMILES string of the molecule is C=C(C(=O)O)C1CC(C)(C)N(O)C(C)(C)C1. The Kier molecular flexibility index (Phi) is 3.18. The molecule has 4 heteroatoms. The Hall–Kier alpha value is -0.870. The monoisotopic (exact) mass is 227 g/mol. The molecule has 0 atom stereocenters. The standard InChI is InChI=1S/C12H21NO3/c1-8(10(14)15)9-6-11(2,3)13(16)12(4,5)7-9/h9,16H,1,6-7H2,2-5H3,(H,14,15). The molecule has 1 heterocycles. The summed E-state index contributed by atoms with van der Waals surface area (Å²) in [6.45, 7) is 11.3. The minimum Gasteiger partial charge on any atom is -0.478 e. The summed E-state index contributed by atoms with van der Waals surface area (Å²) in [4.78, 5) is 10.9. The fraction of sp³-hybridized carbons (Fsp3) is 0.750. The van der Waals surface area contributed by atoms with Gasteiger partial charge in [0.2, 0.25) is 0 Å². The number of hydrogen-bond acceptors (Lipinski definition) is 3. The Morgan fingerprint density at radius 2 is 1.62 bits per heavy atom. The Balaban J connectivity index is 2.95. The van der Waals surface area contributed by atoms with Gasteiger partial charge < -0.3 is 10.3 Å². The van der Waals surface area contributed by atoms with Crippen LogP contribution in [0.25, 0.3) is 0 Å². The topological polar surface area (TPSA) is 60.8 Å². The maximum absolute atomic E-state index is 10.9. The molecular weight excluding hydrogens is 206 g/mol. The number of hydrogen-bond donors (Lipinski definition) is 2. The van der Waals surface area contributed by atoms with Crippen LogP contribution in [0, 0.1) is 5.92 Å². The van der Waals surface area contributed by atoms with Gasteiger partial charge in [0.25, 0.3) is 0 Å². The zero-order valence-corrected chi connectivity index (χ0v) is 10.4. The number of rotatable bonds is 2. The van der Waals surface area contributed by atoms with Gasteiger partial charge in [-0.1, -0.05) is 6.58 Å². The highest BCUT2D eigenvalue weighted by molar-refractivity contribution is 5.86. The van der Waals surface area contributed by atoms with Crippen LogP contribution in [0.4, 0.5) is 0 Å². The molecule has 0 saturated carbocycles. The lowest BCUT2D eigenvalue weighted by atomic mass is 9.73. The summed E-state index contributed by atoms with van der Waals surface area (Å²) >= 11 is 0. The van der Waals surface area contributed by atoms with Crippen molar-refractivity contribution in [3.63, 3.8) is 0 Å². The first-order valence-electron chi connectivity index (χ1n) is 5.49. The van der Waals surface area contributed by atoms with Crippen LogP contribution in [0.1, 0.15) is 40.5 Å². The second-order valence-corrected chi connectivity index (χ2v) is 5.87. The molecule has 16 heavy (non-hydrogen) atoms. The average Bonchev–Trinajstić information content (AvgIpc) is 2.11. The van der Waals surface area contributed by atoms with E-state index < -0.39 is 17.0 Å². The second-order valence-electron chi connectivity index (χ2n) is 5.87. The Morgan fingerprint density at radius 1 is 1.25 bits per heavy atom. The van der Waals surface area contributed by atoms with Gasteiger partial charge in [0.05, 0.1) is 0 Å². The molecule has 0 aliphatic carbocycles. The van der Waals surface area contributed by atoms with E-state index in [1.54, 1.807) is 0 Å². The second kappa shape index (κ2) is 3.86. The van der Waals surface area contributed by atoms with Crippen molar-refractivity contribution in [3.05, 3.63) is 12.2 Å². The molecule has 0 aromatic rings. The summed E-state index contributed by atoms with van der Waals surface area (Å²) in [6.07, 6.45) is 1.22. The van der Waals surface area contributed by atoms with Crippen molar-refractivity contribution in [2.45, 2.75) is 51.6 Å². The highest BCUT2D eigenvalue weighted by Crippen LogP contribution is 2.42. The molecular formula is C12H21NO3. The first kappa shape index (κ1) is 13.2. The van der Waals surface area contributed by atoms with E-state index in [-0.39, 0.29) is 11.5 Å². The Morgan fingerprint density at radius 3 is 1.94 bits per heavy atom. The first-order chi connectivity index (χ1) is 7.08. The minimum absolute atomic E-state index is 0.0779. The molecule has 0 amide bonds. The zero-order valence-electron chi connectivity index (χ0n) is 10.4. The lowest BCUT2D eigenvalue weighted by Crippen LogP contribution is -2.59. The lowest BCUT2D eigenvalue weighted by molar-refractivity contribution is -0.248. The van der Waals surface area contributed by atoms with Gasteiger partial charge >= 0.3 is 5.97 Å². The largest absolute Gasteiger partial charge is 0.478 e. The summed E-state index contributed by atoms with van der Waals surface area (Å²) in [7, 11) is 0. The fourth-order valence-corrected chi connectivity index (χ4v) is 2.69. The van der Waals surface area contributed by atoms with Crippen LogP contribution in [0.2, 0.25) is 0 Å². The number of hydroxylamine groups is 2. The average molecular weight is 227 g/mol. The van der Waals surface area contributed by atoms with E-state index in [4.69, 9.17) is 5.11 Å². The summed E-state index contributed by atoms with van der Waals surface area (Å²) in [5.74, 6) is -1.02. The van der Waals surface area contributed by atoms with Crippen molar-refractivity contribution < 1.29 is 15.1 Å². The molecule has 1 rings (SSSR count). The van der Waals surface area contributed by atoms with Gasteiger partial charge in [0.15, 0.2) is 0 Å². The van der Waals surface area contributed by atoms with Gasteiger partial charge in [-0.05, 0) is 46.5 Å². The summed E-state index contributed by atoms with van der Waals surface area (Å²) in [5.41, 5.74) is -0.607. The minimum atomic E-state index is -0.942. The number of nitrogens with zero attached hydrogens (tertiary/aromatic N) is 1. The van der Waals surface area contributed by atoms with Crippen molar-refractivity contribution >= 4 is 5.97 Å². The van der Waals surface area contributed by atoms with Crippen LogP contribution in [0.3, 0.4) is 0 Å². The van der Waals surface area contributed by atoms with Gasteiger partial charge in [-0.25, -0.2) is 4.79 Å². The molecule has 92 valence electrons.